The molecule has 0 saturated carbocycles. The van der Waals surface area contributed by atoms with Crippen LogP contribution in [0.4, 0.5) is 0 Å². The summed E-state index contributed by atoms with van der Waals surface area (Å²) in [5.41, 5.74) is -0.0511. The third kappa shape index (κ3) is 4.12. The SMILES string of the molecule is CCC(C)(C)NC(=O)C(C)C(C)(C)C. The van der Waals surface area contributed by atoms with Crippen molar-refractivity contribution in [1.29, 1.82) is 0 Å². The fraction of sp³-hybridized carbons (Fsp3) is 0.917. The Morgan fingerprint density at radius 3 is 1.93 bits per heavy atom. The number of carbonyl (C=O) groups is 1. The van der Waals surface area contributed by atoms with Crippen LogP contribution in [0.5, 0.6) is 0 Å². The molecule has 0 aliphatic rings. The highest BCUT2D eigenvalue weighted by molar-refractivity contribution is 5.79. The average molecular weight is 199 g/mol. The minimum Gasteiger partial charge on any atom is -0.351 e. The number of nitrogens with one attached hydrogen (secondary N) is 1. The van der Waals surface area contributed by atoms with Gasteiger partial charge in [0.25, 0.3) is 0 Å². The molecule has 0 spiro atoms. The van der Waals surface area contributed by atoms with Crippen LogP contribution in [0.15, 0.2) is 0 Å². The van der Waals surface area contributed by atoms with Gasteiger partial charge in [0.1, 0.15) is 0 Å². The van der Waals surface area contributed by atoms with Crippen molar-refractivity contribution in [1.82, 2.24) is 5.32 Å². The van der Waals surface area contributed by atoms with E-state index in [1.54, 1.807) is 0 Å². The topological polar surface area (TPSA) is 29.1 Å². The van der Waals surface area contributed by atoms with E-state index in [0.29, 0.717) is 0 Å². The van der Waals surface area contributed by atoms with Gasteiger partial charge in [-0.2, -0.15) is 0 Å². The molecule has 1 amide bonds. The van der Waals surface area contributed by atoms with E-state index in [1.807, 2.05) is 6.92 Å². The van der Waals surface area contributed by atoms with Crippen molar-refractivity contribution in [2.24, 2.45) is 11.3 Å². The highest BCUT2D eigenvalue weighted by atomic mass is 16.2. The molecule has 1 atom stereocenters. The number of rotatable bonds is 3. The molecular weight excluding hydrogens is 174 g/mol. The first-order chi connectivity index (χ1) is 6.10. The van der Waals surface area contributed by atoms with E-state index in [0.717, 1.165) is 6.42 Å². The molecule has 0 saturated heterocycles. The molecule has 2 nitrogen and oxygen atoms in total. The van der Waals surface area contributed by atoms with Gasteiger partial charge >= 0.3 is 0 Å². The maximum Gasteiger partial charge on any atom is 0.223 e. The van der Waals surface area contributed by atoms with E-state index >= 15 is 0 Å². The zero-order valence-electron chi connectivity index (χ0n) is 10.7. The predicted octanol–water partition coefficient (Wildman–Crippen LogP) is 2.97. The van der Waals surface area contributed by atoms with Crippen LogP contribution >= 0.6 is 0 Å². The van der Waals surface area contributed by atoms with Crippen LogP contribution in [-0.4, -0.2) is 11.4 Å². The van der Waals surface area contributed by atoms with Gasteiger partial charge in [0.05, 0.1) is 0 Å². The van der Waals surface area contributed by atoms with E-state index in [-0.39, 0.29) is 22.8 Å². The lowest BCUT2D eigenvalue weighted by molar-refractivity contribution is -0.129. The molecule has 0 bridgehead atoms. The van der Waals surface area contributed by atoms with E-state index in [9.17, 15) is 4.79 Å². The highest BCUT2D eigenvalue weighted by Gasteiger charge is 2.29. The number of hydrogen-bond donors (Lipinski definition) is 1. The lowest BCUT2D eigenvalue weighted by atomic mass is 9.81. The van der Waals surface area contributed by atoms with Gasteiger partial charge < -0.3 is 5.32 Å². The molecule has 0 aliphatic carbocycles. The summed E-state index contributed by atoms with van der Waals surface area (Å²) in [6.45, 7) is 14.5. The largest absolute Gasteiger partial charge is 0.351 e. The zero-order chi connectivity index (χ0) is 11.6. The molecule has 14 heavy (non-hydrogen) atoms. The Kier molecular flexibility index (Phi) is 4.16. The first-order valence-corrected chi connectivity index (χ1v) is 5.42. The molecule has 2 heteroatoms. The summed E-state index contributed by atoms with van der Waals surface area (Å²) >= 11 is 0. The minimum absolute atomic E-state index is 0.0356. The Hall–Kier alpha value is -0.530. The second-order valence-corrected chi connectivity index (χ2v) is 5.81. The Labute approximate surface area is 88.5 Å². The third-order valence-electron chi connectivity index (χ3n) is 3.04. The molecule has 0 rings (SSSR count). The van der Waals surface area contributed by atoms with E-state index in [2.05, 4.69) is 46.9 Å². The lowest BCUT2D eigenvalue weighted by Gasteiger charge is -2.31. The average Bonchev–Trinajstić information content (AvgIpc) is 2.00. The Balaban J connectivity index is 4.37. The van der Waals surface area contributed by atoms with E-state index < -0.39 is 0 Å². The molecule has 0 fully saturated rings. The van der Waals surface area contributed by atoms with Crippen LogP contribution in [0, 0.1) is 11.3 Å². The summed E-state index contributed by atoms with van der Waals surface area (Å²) in [7, 11) is 0. The summed E-state index contributed by atoms with van der Waals surface area (Å²) in [6.07, 6.45) is 0.954. The second kappa shape index (κ2) is 4.33. The first-order valence-electron chi connectivity index (χ1n) is 5.42. The normalized spacial score (nSPS) is 15.1. The molecule has 0 aliphatic heterocycles. The van der Waals surface area contributed by atoms with Crippen LogP contribution in [0.2, 0.25) is 0 Å². The molecule has 0 aromatic carbocycles. The van der Waals surface area contributed by atoms with Crippen LogP contribution in [0.25, 0.3) is 0 Å². The van der Waals surface area contributed by atoms with Gasteiger partial charge in [0, 0.05) is 11.5 Å². The van der Waals surface area contributed by atoms with Crippen molar-refractivity contribution in [2.75, 3.05) is 0 Å². The zero-order valence-corrected chi connectivity index (χ0v) is 10.7. The van der Waals surface area contributed by atoms with Gasteiger partial charge in [0.15, 0.2) is 0 Å². The Morgan fingerprint density at radius 2 is 1.64 bits per heavy atom. The minimum atomic E-state index is -0.0867. The van der Waals surface area contributed by atoms with Gasteiger partial charge in [-0.25, -0.2) is 0 Å². The van der Waals surface area contributed by atoms with Gasteiger partial charge in [-0.15, -0.1) is 0 Å². The maximum absolute atomic E-state index is 11.9. The van der Waals surface area contributed by atoms with Gasteiger partial charge in [-0.1, -0.05) is 34.6 Å². The summed E-state index contributed by atoms with van der Waals surface area (Å²) < 4.78 is 0. The first kappa shape index (κ1) is 13.5. The molecule has 84 valence electrons. The van der Waals surface area contributed by atoms with E-state index in [4.69, 9.17) is 0 Å². The van der Waals surface area contributed by atoms with Crippen molar-refractivity contribution < 1.29 is 4.79 Å². The molecule has 0 radical (unpaired) electrons. The molecule has 0 aromatic rings. The maximum atomic E-state index is 11.9. The van der Waals surface area contributed by atoms with Crippen LogP contribution in [0.3, 0.4) is 0 Å². The smallest absolute Gasteiger partial charge is 0.223 e. The fourth-order valence-electron chi connectivity index (χ4n) is 0.923. The fourth-order valence-corrected chi connectivity index (χ4v) is 0.923. The van der Waals surface area contributed by atoms with Gasteiger partial charge in [-0.05, 0) is 25.7 Å². The summed E-state index contributed by atoms with van der Waals surface area (Å²) in [4.78, 5) is 11.9. The van der Waals surface area contributed by atoms with Crippen molar-refractivity contribution in [3.63, 3.8) is 0 Å². The molecule has 0 aromatic heterocycles. The molecular formula is C12H25NO. The standard InChI is InChI=1S/C12H25NO/c1-8-12(6,7)13-10(14)9(2)11(3,4)5/h9H,8H2,1-7H3,(H,13,14). The molecule has 1 unspecified atom stereocenters. The monoisotopic (exact) mass is 199 g/mol. The number of hydrogen-bond acceptors (Lipinski definition) is 1. The van der Waals surface area contributed by atoms with Crippen molar-refractivity contribution in [3.05, 3.63) is 0 Å². The van der Waals surface area contributed by atoms with Crippen molar-refractivity contribution in [3.8, 4) is 0 Å². The van der Waals surface area contributed by atoms with Crippen LogP contribution in [-0.2, 0) is 4.79 Å². The lowest BCUT2D eigenvalue weighted by Crippen LogP contribution is -2.47. The number of amides is 1. The highest BCUT2D eigenvalue weighted by Crippen LogP contribution is 2.26. The van der Waals surface area contributed by atoms with Crippen LogP contribution in [0.1, 0.15) is 54.9 Å². The van der Waals surface area contributed by atoms with Crippen molar-refractivity contribution in [2.45, 2.75) is 60.4 Å². The van der Waals surface area contributed by atoms with Crippen LogP contribution < -0.4 is 5.32 Å². The third-order valence-corrected chi connectivity index (χ3v) is 3.04. The molecule has 1 N–H and O–H groups in total. The predicted molar refractivity (Wildman–Crippen MR) is 61.1 cm³/mol. The van der Waals surface area contributed by atoms with E-state index in [1.165, 1.54) is 0 Å². The molecule has 0 heterocycles. The summed E-state index contributed by atoms with van der Waals surface area (Å²) in [6, 6.07) is 0. The second-order valence-electron chi connectivity index (χ2n) is 5.81. The summed E-state index contributed by atoms with van der Waals surface area (Å²) in [5, 5.41) is 3.07. The quantitative estimate of drug-likeness (QED) is 0.744. The Bertz CT molecular complexity index is 201. The van der Waals surface area contributed by atoms with Gasteiger partial charge in [0.2, 0.25) is 5.91 Å². The number of carbonyl (C=O) groups excluding carboxylic acids is 1. The Morgan fingerprint density at radius 1 is 1.21 bits per heavy atom. The van der Waals surface area contributed by atoms with Gasteiger partial charge in [-0.3, -0.25) is 4.79 Å². The van der Waals surface area contributed by atoms with Crippen molar-refractivity contribution >= 4 is 5.91 Å². The summed E-state index contributed by atoms with van der Waals surface area (Å²) in [5.74, 6) is 0.206.